The first-order chi connectivity index (χ1) is 9.52. The van der Waals surface area contributed by atoms with Gasteiger partial charge in [-0.05, 0) is 13.3 Å². The molecular weight excluding hydrogens is 278 g/mol. The first kappa shape index (κ1) is 13.8. The fraction of sp³-hybridized carbons (Fsp3) is 0.600. The molecular formula is C15H20ClNO3. The molecule has 1 heterocycles. The molecule has 1 saturated carbocycles. The van der Waals surface area contributed by atoms with Gasteiger partial charge in [0.25, 0.3) is 0 Å². The zero-order chi connectivity index (χ0) is 14.3. The normalized spacial score (nSPS) is 26.2. The fourth-order valence-corrected chi connectivity index (χ4v) is 3.04. The van der Waals surface area contributed by atoms with E-state index in [-0.39, 0.29) is 12.2 Å². The standard InChI is InChI=1S/C15H20ClNO3/c1-4-18-14-7-13(15(14,2)3)17-10-6-12-11(5-9(10)16)19-8-20-12/h5-6,13-14,17H,4,7-8H2,1-3H3. The van der Waals surface area contributed by atoms with E-state index in [0.717, 1.165) is 24.5 Å². The van der Waals surface area contributed by atoms with Crippen molar-refractivity contribution in [2.24, 2.45) is 5.41 Å². The molecule has 4 nitrogen and oxygen atoms in total. The van der Waals surface area contributed by atoms with E-state index in [1.807, 2.05) is 13.0 Å². The maximum absolute atomic E-state index is 6.29. The summed E-state index contributed by atoms with van der Waals surface area (Å²) in [5, 5.41) is 4.16. The topological polar surface area (TPSA) is 39.7 Å². The molecule has 110 valence electrons. The van der Waals surface area contributed by atoms with Gasteiger partial charge in [-0.1, -0.05) is 25.4 Å². The average molecular weight is 298 g/mol. The van der Waals surface area contributed by atoms with Crippen LogP contribution in [0.15, 0.2) is 12.1 Å². The molecule has 2 atom stereocenters. The zero-order valence-corrected chi connectivity index (χ0v) is 12.8. The molecule has 1 aromatic rings. The quantitative estimate of drug-likeness (QED) is 0.920. The largest absolute Gasteiger partial charge is 0.454 e. The third-order valence-electron chi connectivity index (χ3n) is 4.34. The Morgan fingerprint density at radius 1 is 1.35 bits per heavy atom. The van der Waals surface area contributed by atoms with Gasteiger partial charge in [0.05, 0.1) is 16.8 Å². The van der Waals surface area contributed by atoms with E-state index < -0.39 is 0 Å². The molecule has 0 spiro atoms. The number of ether oxygens (including phenoxy) is 3. The Morgan fingerprint density at radius 2 is 2.05 bits per heavy atom. The van der Waals surface area contributed by atoms with E-state index in [4.69, 9.17) is 25.8 Å². The van der Waals surface area contributed by atoms with Gasteiger partial charge in [-0.3, -0.25) is 0 Å². The van der Waals surface area contributed by atoms with Gasteiger partial charge < -0.3 is 19.5 Å². The molecule has 2 unspecified atom stereocenters. The zero-order valence-electron chi connectivity index (χ0n) is 12.0. The fourth-order valence-electron chi connectivity index (χ4n) is 2.83. The molecule has 1 aliphatic carbocycles. The number of nitrogens with one attached hydrogen (secondary N) is 1. The molecule has 0 aromatic heterocycles. The second kappa shape index (κ2) is 5.01. The van der Waals surface area contributed by atoms with Crippen LogP contribution in [-0.2, 0) is 4.74 Å². The monoisotopic (exact) mass is 297 g/mol. The van der Waals surface area contributed by atoms with Crippen LogP contribution in [0, 0.1) is 5.41 Å². The highest BCUT2D eigenvalue weighted by atomic mass is 35.5. The first-order valence-electron chi connectivity index (χ1n) is 6.99. The third-order valence-corrected chi connectivity index (χ3v) is 4.65. The molecule has 0 radical (unpaired) electrons. The minimum atomic E-state index is 0.0930. The molecule has 1 aliphatic heterocycles. The Morgan fingerprint density at radius 3 is 2.70 bits per heavy atom. The lowest BCUT2D eigenvalue weighted by Gasteiger charge is -2.52. The van der Waals surface area contributed by atoms with E-state index in [1.165, 1.54) is 0 Å². The summed E-state index contributed by atoms with van der Waals surface area (Å²) in [6.07, 6.45) is 1.30. The first-order valence-corrected chi connectivity index (χ1v) is 7.37. The van der Waals surface area contributed by atoms with Gasteiger partial charge in [0, 0.05) is 30.2 Å². The highest BCUT2D eigenvalue weighted by molar-refractivity contribution is 6.33. The number of rotatable bonds is 4. The Kier molecular flexibility index (Phi) is 3.46. The van der Waals surface area contributed by atoms with Gasteiger partial charge in [-0.15, -0.1) is 0 Å². The van der Waals surface area contributed by atoms with E-state index in [9.17, 15) is 0 Å². The van der Waals surface area contributed by atoms with Crippen molar-refractivity contribution in [3.05, 3.63) is 17.2 Å². The number of halogens is 1. The highest BCUT2D eigenvalue weighted by Gasteiger charge is 2.49. The predicted molar refractivity (Wildman–Crippen MR) is 78.8 cm³/mol. The van der Waals surface area contributed by atoms with Crippen LogP contribution in [0.3, 0.4) is 0 Å². The number of anilines is 1. The van der Waals surface area contributed by atoms with Gasteiger partial charge >= 0.3 is 0 Å². The summed E-state index contributed by atoms with van der Waals surface area (Å²) in [6, 6.07) is 4.06. The Labute approximate surface area is 124 Å². The van der Waals surface area contributed by atoms with Crippen LogP contribution in [0.2, 0.25) is 5.02 Å². The molecule has 3 rings (SSSR count). The lowest BCUT2D eigenvalue weighted by molar-refractivity contribution is -0.0975. The summed E-state index contributed by atoms with van der Waals surface area (Å²) in [5.41, 5.74) is 0.986. The van der Waals surface area contributed by atoms with Gasteiger partial charge in [-0.2, -0.15) is 0 Å². The van der Waals surface area contributed by atoms with Crippen LogP contribution in [0.4, 0.5) is 5.69 Å². The Balaban J connectivity index is 1.73. The third kappa shape index (κ3) is 2.21. The van der Waals surface area contributed by atoms with Gasteiger partial charge in [-0.25, -0.2) is 0 Å². The second-order valence-electron chi connectivity index (χ2n) is 5.88. The van der Waals surface area contributed by atoms with Crippen molar-refractivity contribution in [2.75, 3.05) is 18.7 Å². The van der Waals surface area contributed by atoms with E-state index in [1.54, 1.807) is 6.07 Å². The van der Waals surface area contributed by atoms with Crippen molar-refractivity contribution in [1.29, 1.82) is 0 Å². The Bertz CT molecular complexity index is 518. The van der Waals surface area contributed by atoms with Crippen molar-refractivity contribution in [3.8, 4) is 11.5 Å². The maximum Gasteiger partial charge on any atom is 0.231 e. The molecule has 5 heteroatoms. The molecule has 2 aliphatic rings. The van der Waals surface area contributed by atoms with E-state index in [2.05, 4.69) is 19.2 Å². The summed E-state index contributed by atoms with van der Waals surface area (Å²) in [4.78, 5) is 0. The number of fused-ring (bicyclic) bond motifs is 1. The van der Waals surface area contributed by atoms with E-state index in [0.29, 0.717) is 22.9 Å². The summed E-state index contributed by atoms with van der Waals surface area (Å²) in [7, 11) is 0. The van der Waals surface area contributed by atoms with Gasteiger partial charge in [0.2, 0.25) is 6.79 Å². The van der Waals surface area contributed by atoms with Crippen LogP contribution in [0.5, 0.6) is 11.5 Å². The Hall–Kier alpha value is -1.13. The average Bonchev–Trinajstić information content (AvgIpc) is 2.84. The lowest BCUT2D eigenvalue weighted by Crippen LogP contribution is -2.58. The van der Waals surface area contributed by atoms with Crippen LogP contribution in [0.25, 0.3) is 0 Å². The molecule has 1 N–H and O–H groups in total. The lowest BCUT2D eigenvalue weighted by atomic mass is 9.64. The van der Waals surface area contributed by atoms with Crippen LogP contribution in [-0.4, -0.2) is 25.5 Å². The van der Waals surface area contributed by atoms with Gasteiger partial charge in [0.15, 0.2) is 11.5 Å². The number of hydrogen-bond acceptors (Lipinski definition) is 4. The predicted octanol–water partition coefficient (Wildman–Crippen LogP) is 3.68. The maximum atomic E-state index is 6.29. The number of benzene rings is 1. The summed E-state index contributed by atoms with van der Waals surface area (Å²) < 4.78 is 16.5. The molecule has 20 heavy (non-hydrogen) atoms. The minimum absolute atomic E-state index is 0.0930. The number of hydrogen-bond donors (Lipinski definition) is 1. The van der Waals surface area contributed by atoms with Crippen molar-refractivity contribution in [3.63, 3.8) is 0 Å². The molecule has 1 aromatic carbocycles. The molecule has 1 fully saturated rings. The minimum Gasteiger partial charge on any atom is -0.454 e. The van der Waals surface area contributed by atoms with Crippen molar-refractivity contribution >= 4 is 17.3 Å². The van der Waals surface area contributed by atoms with Crippen molar-refractivity contribution in [1.82, 2.24) is 0 Å². The van der Waals surface area contributed by atoms with Crippen LogP contribution < -0.4 is 14.8 Å². The summed E-state index contributed by atoms with van der Waals surface area (Å²) in [5.74, 6) is 1.45. The van der Waals surface area contributed by atoms with Crippen LogP contribution in [0.1, 0.15) is 27.2 Å². The summed E-state index contributed by atoms with van der Waals surface area (Å²) in [6.45, 7) is 7.48. The molecule has 0 amide bonds. The highest BCUT2D eigenvalue weighted by Crippen LogP contribution is 2.46. The summed E-state index contributed by atoms with van der Waals surface area (Å²) >= 11 is 6.29. The van der Waals surface area contributed by atoms with Crippen molar-refractivity contribution in [2.45, 2.75) is 39.3 Å². The molecule has 0 saturated heterocycles. The van der Waals surface area contributed by atoms with E-state index >= 15 is 0 Å². The van der Waals surface area contributed by atoms with Crippen molar-refractivity contribution < 1.29 is 14.2 Å². The molecule has 0 bridgehead atoms. The van der Waals surface area contributed by atoms with Crippen LogP contribution >= 0.6 is 11.6 Å². The second-order valence-corrected chi connectivity index (χ2v) is 6.29. The van der Waals surface area contributed by atoms with Gasteiger partial charge in [0.1, 0.15) is 0 Å². The smallest absolute Gasteiger partial charge is 0.231 e. The SMILES string of the molecule is CCOC1CC(Nc2cc3c(cc2Cl)OCO3)C1(C)C.